The van der Waals surface area contributed by atoms with Crippen LogP contribution in [0, 0.1) is 0 Å². The fourth-order valence-electron chi connectivity index (χ4n) is 0. The highest BCUT2D eigenvalue weighted by atomic mass is 31.1. The van der Waals surface area contributed by atoms with Gasteiger partial charge >= 0.3 is 17.4 Å². The summed E-state index contributed by atoms with van der Waals surface area (Å²) in [6, 6.07) is 0. The molecule has 0 aromatic carbocycles. The first kappa shape index (κ1) is 24.4. The summed E-state index contributed by atoms with van der Waals surface area (Å²) in [5.41, 5.74) is 0. The normalized spacial score (nSPS) is 5.25. The smallest absolute Gasteiger partial charge is 0.324 e. The minimum Gasteiger partial charge on any atom is -0.344 e. The summed E-state index contributed by atoms with van der Waals surface area (Å²) in [5.74, 6) is 0. The summed E-state index contributed by atoms with van der Waals surface area (Å²) >= 11 is 0. The topological polar surface area (TPSA) is 145 Å². The first-order valence-electron chi connectivity index (χ1n) is 0.765. The standard InChI is InChI=1S/2H3N.2HO2P/c;;2*1-3-2/h2*1H3;2*(H,1,2). The van der Waals surface area contributed by atoms with Crippen LogP contribution in [0.1, 0.15) is 0 Å². The molecule has 0 unspecified atom stereocenters. The van der Waals surface area contributed by atoms with Crippen LogP contribution in [0.15, 0.2) is 0 Å². The molecule has 0 aliphatic heterocycles. The zero-order valence-electron chi connectivity index (χ0n) is 4.02. The van der Waals surface area contributed by atoms with Gasteiger partial charge in [0.25, 0.3) is 0 Å². The highest BCUT2D eigenvalue weighted by molar-refractivity contribution is 7.16. The molecule has 0 atom stereocenters. The van der Waals surface area contributed by atoms with Crippen LogP contribution in [0.25, 0.3) is 0 Å². The Kier molecular flexibility index (Phi) is 188. The lowest BCUT2D eigenvalue weighted by Crippen LogP contribution is -1.03. The fourth-order valence-corrected chi connectivity index (χ4v) is 0. The van der Waals surface area contributed by atoms with Gasteiger partial charge in [0.15, 0.2) is 0 Å². The van der Waals surface area contributed by atoms with Crippen molar-refractivity contribution in [2.75, 3.05) is 0 Å². The van der Waals surface area contributed by atoms with Crippen molar-refractivity contribution in [3.8, 4) is 0 Å². The van der Waals surface area contributed by atoms with Gasteiger partial charge in [0.1, 0.15) is 0 Å². The molecule has 0 aromatic rings. The zero-order valence-corrected chi connectivity index (χ0v) is 5.81. The van der Waals surface area contributed by atoms with Crippen LogP contribution in [0.2, 0.25) is 0 Å². The molecule has 8 heteroatoms. The van der Waals surface area contributed by atoms with E-state index in [0.717, 1.165) is 0 Å². The van der Waals surface area contributed by atoms with Crippen LogP contribution in [-0.2, 0) is 9.13 Å². The minimum atomic E-state index is -0.833. The Balaban J connectivity index is -0.0000000160. The maximum Gasteiger partial charge on any atom is 0.324 e. The first-order chi connectivity index (χ1) is 2.83. The molecule has 0 saturated heterocycles. The highest BCUT2D eigenvalue weighted by Crippen LogP contribution is 1.66. The van der Waals surface area contributed by atoms with E-state index in [1.165, 1.54) is 0 Å². The molecular formula is H8N2O4P2. The Labute approximate surface area is 49.7 Å². The molecule has 0 bridgehead atoms. The van der Waals surface area contributed by atoms with Gasteiger partial charge in [-0.2, -0.15) is 0 Å². The van der Waals surface area contributed by atoms with Crippen molar-refractivity contribution in [1.29, 1.82) is 0 Å². The van der Waals surface area contributed by atoms with E-state index in [-0.39, 0.29) is 12.3 Å². The van der Waals surface area contributed by atoms with Crippen molar-refractivity contribution in [3.63, 3.8) is 0 Å². The van der Waals surface area contributed by atoms with E-state index in [2.05, 4.69) is 0 Å². The van der Waals surface area contributed by atoms with Crippen molar-refractivity contribution >= 4 is 17.4 Å². The van der Waals surface area contributed by atoms with Crippen molar-refractivity contribution in [1.82, 2.24) is 12.3 Å². The lowest BCUT2D eigenvalue weighted by atomic mass is 14.0. The van der Waals surface area contributed by atoms with Crippen LogP contribution in [-0.4, -0.2) is 9.79 Å². The average Bonchev–Trinajstić information content (AvgIpc) is 1.39. The molecule has 8 heavy (non-hydrogen) atoms. The third-order valence-corrected chi connectivity index (χ3v) is 0. The molecule has 0 heterocycles. The maximum absolute atomic E-state index is 8.46. The van der Waals surface area contributed by atoms with Crippen molar-refractivity contribution < 1.29 is 18.9 Å². The summed E-state index contributed by atoms with van der Waals surface area (Å²) in [6.07, 6.45) is 0. The largest absolute Gasteiger partial charge is 0.344 e. The molecule has 0 aliphatic rings. The van der Waals surface area contributed by atoms with Crippen LogP contribution >= 0.6 is 17.4 Å². The van der Waals surface area contributed by atoms with E-state index in [4.69, 9.17) is 18.9 Å². The van der Waals surface area contributed by atoms with Gasteiger partial charge in [-0.25, -0.2) is 9.13 Å². The van der Waals surface area contributed by atoms with Crippen LogP contribution < -0.4 is 12.3 Å². The molecule has 0 aliphatic carbocycles. The van der Waals surface area contributed by atoms with E-state index in [9.17, 15) is 0 Å². The van der Waals surface area contributed by atoms with Crippen molar-refractivity contribution in [2.24, 2.45) is 0 Å². The van der Waals surface area contributed by atoms with Gasteiger partial charge in [-0.15, -0.1) is 0 Å². The number of rotatable bonds is 0. The van der Waals surface area contributed by atoms with Gasteiger partial charge < -0.3 is 22.1 Å². The molecule has 0 rings (SSSR count). The van der Waals surface area contributed by atoms with E-state index in [1.807, 2.05) is 0 Å². The van der Waals surface area contributed by atoms with Crippen LogP contribution in [0.4, 0.5) is 0 Å². The monoisotopic (exact) mass is 162 g/mol. The molecule has 0 spiro atoms. The summed E-state index contributed by atoms with van der Waals surface area (Å²) < 4.78 is 16.9. The fraction of sp³-hybridized carbons (Fsp3) is 0. The molecular weight excluding hydrogens is 154 g/mol. The van der Waals surface area contributed by atoms with Crippen LogP contribution in [0.3, 0.4) is 0 Å². The van der Waals surface area contributed by atoms with Gasteiger partial charge in [0, 0.05) is 0 Å². The van der Waals surface area contributed by atoms with Crippen molar-refractivity contribution in [2.45, 2.75) is 0 Å². The Morgan fingerprint density at radius 2 is 0.875 bits per heavy atom. The second kappa shape index (κ2) is 61.7. The minimum absolute atomic E-state index is 0. The predicted octanol–water partition coefficient (Wildman–Crippen LogP) is 0.695. The molecule has 52 valence electrons. The second-order valence-corrected chi connectivity index (χ2v) is 0.490. The first-order valence-corrected chi connectivity index (χ1v) is 2.30. The lowest BCUT2D eigenvalue weighted by molar-refractivity contribution is 0.523. The number of hydrogen-bond donors (Lipinski definition) is 4. The molecule has 0 aromatic heterocycles. The highest BCUT2D eigenvalue weighted by Gasteiger charge is 1.28. The Morgan fingerprint density at radius 3 is 0.875 bits per heavy atom. The Hall–Kier alpha value is 0.0400. The van der Waals surface area contributed by atoms with E-state index in [0.29, 0.717) is 0 Å². The molecule has 0 fully saturated rings. The van der Waals surface area contributed by atoms with E-state index in [1.54, 1.807) is 0 Å². The zero-order chi connectivity index (χ0) is 5.41. The van der Waals surface area contributed by atoms with Gasteiger partial charge in [-0.05, 0) is 0 Å². The molecule has 0 amide bonds. The Bertz CT molecular complexity index is 33.0. The summed E-state index contributed by atoms with van der Waals surface area (Å²) in [6.45, 7) is 0. The average molecular weight is 162 g/mol. The summed E-state index contributed by atoms with van der Waals surface area (Å²) in [4.78, 5) is 14.0. The van der Waals surface area contributed by atoms with E-state index < -0.39 is 17.4 Å². The number of hydrogen-bond acceptors (Lipinski definition) is 4. The third-order valence-electron chi connectivity index (χ3n) is 0. The second-order valence-electron chi connectivity index (χ2n) is 0.163. The maximum atomic E-state index is 8.46. The van der Waals surface area contributed by atoms with Gasteiger partial charge in [0.2, 0.25) is 0 Å². The van der Waals surface area contributed by atoms with Crippen molar-refractivity contribution in [3.05, 3.63) is 0 Å². The van der Waals surface area contributed by atoms with Gasteiger partial charge in [-0.3, -0.25) is 0 Å². The molecule has 0 radical (unpaired) electrons. The van der Waals surface area contributed by atoms with E-state index >= 15 is 0 Å². The third kappa shape index (κ3) is 95900. The molecule has 8 N–H and O–H groups in total. The van der Waals surface area contributed by atoms with Gasteiger partial charge in [0.05, 0.1) is 0 Å². The summed E-state index contributed by atoms with van der Waals surface area (Å²) in [7, 11) is -1.67. The summed E-state index contributed by atoms with van der Waals surface area (Å²) in [5, 5.41) is 0. The lowest BCUT2D eigenvalue weighted by Gasteiger charge is -1.24. The SMILES string of the molecule is N.N.O=PO.O=PO. The van der Waals surface area contributed by atoms with Gasteiger partial charge in [-0.1, -0.05) is 0 Å². The molecule has 6 nitrogen and oxygen atoms in total. The quantitative estimate of drug-likeness (QED) is 0.385. The Morgan fingerprint density at radius 1 is 0.875 bits per heavy atom. The molecule has 0 saturated carbocycles. The van der Waals surface area contributed by atoms with Crippen LogP contribution in [0.5, 0.6) is 0 Å². The predicted molar refractivity (Wildman–Crippen MR) is 29.7 cm³/mol.